The first kappa shape index (κ1) is 11.2. The lowest BCUT2D eigenvalue weighted by Crippen LogP contribution is -2.05. The summed E-state index contributed by atoms with van der Waals surface area (Å²) < 4.78 is 5.02. The van der Waals surface area contributed by atoms with Crippen LogP contribution in [0.3, 0.4) is 0 Å². The lowest BCUT2D eigenvalue weighted by atomic mass is 9.94. The molecule has 0 aliphatic heterocycles. The SMILES string of the molecule is N#CC(CC(=O)c1ccco1)c1ccccc1. The van der Waals surface area contributed by atoms with Crippen LogP contribution in [0, 0.1) is 11.3 Å². The molecule has 2 aromatic rings. The second-order valence-electron chi connectivity index (χ2n) is 3.70. The zero-order chi connectivity index (χ0) is 12.1. The molecule has 0 aliphatic carbocycles. The predicted octanol–water partition coefficient (Wildman–Crippen LogP) is 3.16. The minimum atomic E-state index is -0.422. The molecular formula is C14H11NO2. The van der Waals surface area contributed by atoms with Gasteiger partial charge in [0, 0.05) is 6.42 Å². The number of nitrogens with zero attached hydrogens (tertiary/aromatic N) is 1. The Kier molecular flexibility index (Phi) is 3.37. The molecule has 2 rings (SSSR count). The quantitative estimate of drug-likeness (QED) is 0.751. The molecule has 0 amide bonds. The predicted molar refractivity (Wildman–Crippen MR) is 62.5 cm³/mol. The van der Waals surface area contributed by atoms with E-state index in [4.69, 9.17) is 9.68 Å². The van der Waals surface area contributed by atoms with Crippen LogP contribution in [0.4, 0.5) is 0 Å². The van der Waals surface area contributed by atoms with E-state index in [0.29, 0.717) is 5.76 Å². The maximum Gasteiger partial charge on any atom is 0.199 e. The van der Waals surface area contributed by atoms with Gasteiger partial charge in [0.2, 0.25) is 0 Å². The fourth-order valence-corrected chi connectivity index (χ4v) is 1.65. The van der Waals surface area contributed by atoms with Gasteiger partial charge in [-0.15, -0.1) is 0 Å². The van der Waals surface area contributed by atoms with Gasteiger partial charge in [-0.3, -0.25) is 4.79 Å². The highest BCUT2D eigenvalue weighted by Gasteiger charge is 2.18. The molecule has 0 saturated heterocycles. The average Bonchev–Trinajstić information content (AvgIpc) is 2.90. The van der Waals surface area contributed by atoms with E-state index in [-0.39, 0.29) is 12.2 Å². The Hall–Kier alpha value is -2.34. The first-order valence-electron chi connectivity index (χ1n) is 5.32. The molecule has 17 heavy (non-hydrogen) atoms. The van der Waals surface area contributed by atoms with E-state index in [9.17, 15) is 4.79 Å². The molecule has 1 aromatic heterocycles. The zero-order valence-electron chi connectivity index (χ0n) is 9.17. The number of hydrogen-bond acceptors (Lipinski definition) is 3. The van der Waals surface area contributed by atoms with E-state index in [1.54, 1.807) is 12.1 Å². The van der Waals surface area contributed by atoms with Gasteiger partial charge in [-0.1, -0.05) is 30.3 Å². The van der Waals surface area contributed by atoms with Crippen LogP contribution in [0.15, 0.2) is 53.1 Å². The number of furan rings is 1. The molecule has 1 unspecified atom stereocenters. The Bertz CT molecular complexity index is 523. The van der Waals surface area contributed by atoms with E-state index in [0.717, 1.165) is 5.56 Å². The maximum atomic E-state index is 11.8. The van der Waals surface area contributed by atoms with Gasteiger partial charge in [0.05, 0.1) is 18.3 Å². The third kappa shape index (κ3) is 2.61. The average molecular weight is 225 g/mol. The van der Waals surface area contributed by atoms with Gasteiger partial charge in [-0.25, -0.2) is 0 Å². The van der Waals surface area contributed by atoms with Crippen LogP contribution in [0.25, 0.3) is 0 Å². The van der Waals surface area contributed by atoms with Crippen LogP contribution < -0.4 is 0 Å². The summed E-state index contributed by atoms with van der Waals surface area (Å²) in [6, 6.07) is 14.7. The summed E-state index contributed by atoms with van der Waals surface area (Å²) in [5.74, 6) is -0.264. The van der Waals surface area contributed by atoms with Crippen molar-refractivity contribution in [3.63, 3.8) is 0 Å². The normalized spacial score (nSPS) is 11.7. The molecule has 3 heteroatoms. The Morgan fingerprint density at radius 3 is 2.59 bits per heavy atom. The van der Waals surface area contributed by atoms with Crippen molar-refractivity contribution in [3.8, 4) is 6.07 Å². The summed E-state index contributed by atoms with van der Waals surface area (Å²) in [5.41, 5.74) is 0.856. The largest absolute Gasteiger partial charge is 0.461 e. The first-order chi connectivity index (χ1) is 8.31. The molecule has 0 spiro atoms. The lowest BCUT2D eigenvalue weighted by molar-refractivity contribution is 0.0952. The van der Waals surface area contributed by atoms with E-state index in [1.807, 2.05) is 30.3 Å². The Morgan fingerprint density at radius 1 is 1.24 bits per heavy atom. The second kappa shape index (κ2) is 5.13. The molecule has 0 fully saturated rings. The Morgan fingerprint density at radius 2 is 2.00 bits per heavy atom. The molecule has 0 saturated carbocycles. The zero-order valence-corrected chi connectivity index (χ0v) is 9.17. The van der Waals surface area contributed by atoms with Crippen LogP contribution in [-0.4, -0.2) is 5.78 Å². The maximum absolute atomic E-state index is 11.8. The Balaban J connectivity index is 2.12. The van der Waals surface area contributed by atoms with Gasteiger partial charge in [0.1, 0.15) is 0 Å². The molecule has 84 valence electrons. The summed E-state index contributed by atoms with van der Waals surface area (Å²) in [6.07, 6.45) is 1.60. The second-order valence-corrected chi connectivity index (χ2v) is 3.70. The first-order valence-corrected chi connectivity index (χ1v) is 5.32. The number of ketones is 1. The smallest absolute Gasteiger partial charge is 0.199 e. The standard InChI is InChI=1S/C14H11NO2/c15-10-12(11-5-2-1-3-6-11)9-13(16)14-7-4-8-17-14/h1-8,12H,9H2. The van der Waals surface area contributed by atoms with Gasteiger partial charge < -0.3 is 4.42 Å². The molecule has 0 N–H and O–H groups in total. The van der Waals surface area contributed by atoms with Gasteiger partial charge in [0.25, 0.3) is 0 Å². The lowest BCUT2D eigenvalue weighted by Gasteiger charge is -2.06. The number of nitriles is 1. The van der Waals surface area contributed by atoms with Gasteiger partial charge in [0.15, 0.2) is 11.5 Å². The van der Waals surface area contributed by atoms with Crippen LogP contribution in [-0.2, 0) is 0 Å². The topological polar surface area (TPSA) is 54.0 Å². The van der Waals surface area contributed by atoms with Crippen molar-refractivity contribution >= 4 is 5.78 Å². The highest BCUT2D eigenvalue weighted by molar-refractivity contribution is 5.94. The van der Waals surface area contributed by atoms with Crippen LogP contribution in [0.2, 0.25) is 0 Å². The monoisotopic (exact) mass is 225 g/mol. The number of benzene rings is 1. The third-order valence-corrected chi connectivity index (χ3v) is 2.54. The van der Waals surface area contributed by atoms with Crippen molar-refractivity contribution < 1.29 is 9.21 Å². The molecule has 0 aliphatic rings. The van der Waals surface area contributed by atoms with Crippen molar-refractivity contribution in [3.05, 3.63) is 60.1 Å². The number of carbonyl (C=O) groups is 1. The molecule has 1 aromatic carbocycles. The van der Waals surface area contributed by atoms with Gasteiger partial charge in [-0.2, -0.15) is 5.26 Å². The van der Waals surface area contributed by atoms with Gasteiger partial charge in [-0.05, 0) is 17.7 Å². The van der Waals surface area contributed by atoms with Crippen molar-refractivity contribution in [1.29, 1.82) is 5.26 Å². The van der Waals surface area contributed by atoms with Crippen molar-refractivity contribution in [2.45, 2.75) is 12.3 Å². The van der Waals surface area contributed by atoms with Gasteiger partial charge >= 0.3 is 0 Å². The van der Waals surface area contributed by atoms with Crippen LogP contribution in [0.5, 0.6) is 0 Å². The minimum Gasteiger partial charge on any atom is -0.461 e. The Labute approximate surface area is 99.3 Å². The number of hydrogen-bond donors (Lipinski definition) is 0. The number of rotatable bonds is 4. The highest BCUT2D eigenvalue weighted by Crippen LogP contribution is 2.20. The molecule has 0 bridgehead atoms. The fraction of sp³-hybridized carbons (Fsp3) is 0.143. The fourth-order valence-electron chi connectivity index (χ4n) is 1.65. The summed E-state index contributed by atoms with van der Waals surface area (Å²) in [7, 11) is 0. The molecule has 1 atom stereocenters. The number of Topliss-reactive ketones (excluding diaryl/α,β-unsaturated/α-hetero) is 1. The van der Waals surface area contributed by atoms with E-state index in [2.05, 4.69) is 6.07 Å². The molecule has 0 radical (unpaired) electrons. The summed E-state index contributed by atoms with van der Waals surface area (Å²) in [6.45, 7) is 0. The summed E-state index contributed by atoms with van der Waals surface area (Å²) in [5, 5.41) is 9.09. The van der Waals surface area contributed by atoms with Crippen LogP contribution >= 0.6 is 0 Å². The third-order valence-electron chi connectivity index (χ3n) is 2.54. The minimum absolute atomic E-state index is 0.147. The summed E-state index contributed by atoms with van der Waals surface area (Å²) in [4.78, 5) is 11.8. The highest BCUT2D eigenvalue weighted by atomic mass is 16.3. The van der Waals surface area contributed by atoms with Crippen molar-refractivity contribution in [2.75, 3.05) is 0 Å². The van der Waals surface area contributed by atoms with Crippen molar-refractivity contribution in [1.82, 2.24) is 0 Å². The number of carbonyl (C=O) groups excluding carboxylic acids is 1. The van der Waals surface area contributed by atoms with E-state index < -0.39 is 5.92 Å². The molecular weight excluding hydrogens is 214 g/mol. The van der Waals surface area contributed by atoms with E-state index >= 15 is 0 Å². The molecule has 3 nitrogen and oxygen atoms in total. The summed E-state index contributed by atoms with van der Waals surface area (Å²) >= 11 is 0. The van der Waals surface area contributed by atoms with Crippen molar-refractivity contribution in [2.24, 2.45) is 0 Å². The van der Waals surface area contributed by atoms with E-state index in [1.165, 1.54) is 6.26 Å². The molecule has 1 heterocycles. The van der Waals surface area contributed by atoms with Crippen LogP contribution in [0.1, 0.15) is 28.5 Å².